The molecule has 0 aromatic heterocycles. The standard InChI is InChI=1S/C16H32N2O/c1-7-16(5,6)18-15(19)13(4)17-14-9-8-11(2)12(3)10-14/h11-14,17H,7-10H2,1-6H3,(H,18,19). The van der Waals surface area contributed by atoms with E-state index in [0.29, 0.717) is 6.04 Å². The van der Waals surface area contributed by atoms with Crippen LogP contribution in [0.3, 0.4) is 0 Å². The average Bonchev–Trinajstić information content (AvgIpc) is 2.33. The van der Waals surface area contributed by atoms with E-state index in [-0.39, 0.29) is 17.5 Å². The van der Waals surface area contributed by atoms with E-state index < -0.39 is 0 Å². The van der Waals surface area contributed by atoms with Gasteiger partial charge >= 0.3 is 0 Å². The Morgan fingerprint density at radius 2 is 1.89 bits per heavy atom. The van der Waals surface area contributed by atoms with Crippen molar-refractivity contribution >= 4 is 5.91 Å². The van der Waals surface area contributed by atoms with Crippen molar-refractivity contribution < 1.29 is 4.79 Å². The van der Waals surface area contributed by atoms with Crippen molar-refractivity contribution in [3.8, 4) is 0 Å². The molecule has 0 aromatic carbocycles. The quantitative estimate of drug-likeness (QED) is 0.804. The van der Waals surface area contributed by atoms with Crippen LogP contribution in [0.5, 0.6) is 0 Å². The first kappa shape index (κ1) is 16.5. The van der Waals surface area contributed by atoms with Crippen LogP contribution in [0.15, 0.2) is 0 Å². The highest BCUT2D eigenvalue weighted by atomic mass is 16.2. The predicted octanol–water partition coefficient (Wildman–Crippen LogP) is 3.09. The summed E-state index contributed by atoms with van der Waals surface area (Å²) in [5.74, 6) is 1.70. The number of hydrogen-bond donors (Lipinski definition) is 2. The largest absolute Gasteiger partial charge is 0.350 e. The van der Waals surface area contributed by atoms with Gasteiger partial charge in [-0.15, -0.1) is 0 Å². The zero-order chi connectivity index (χ0) is 14.6. The van der Waals surface area contributed by atoms with Crippen LogP contribution in [-0.4, -0.2) is 23.5 Å². The lowest BCUT2D eigenvalue weighted by Gasteiger charge is -2.35. The molecule has 19 heavy (non-hydrogen) atoms. The Labute approximate surface area is 118 Å². The van der Waals surface area contributed by atoms with Crippen LogP contribution in [0.2, 0.25) is 0 Å². The van der Waals surface area contributed by atoms with Gasteiger partial charge in [0.1, 0.15) is 0 Å². The molecule has 0 aliphatic heterocycles. The number of amides is 1. The van der Waals surface area contributed by atoms with E-state index in [2.05, 4.69) is 45.3 Å². The molecule has 0 heterocycles. The van der Waals surface area contributed by atoms with Gasteiger partial charge < -0.3 is 10.6 Å². The van der Waals surface area contributed by atoms with Crippen LogP contribution in [0.25, 0.3) is 0 Å². The monoisotopic (exact) mass is 268 g/mol. The number of rotatable bonds is 5. The first-order valence-electron chi connectivity index (χ1n) is 7.83. The minimum Gasteiger partial charge on any atom is -0.350 e. The van der Waals surface area contributed by atoms with Crippen molar-refractivity contribution in [3.63, 3.8) is 0 Å². The third kappa shape index (κ3) is 5.13. The molecule has 3 heteroatoms. The average molecular weight is 268 g/mol. The molecule has 1 rings (SSSR count). The summed E-state index contributed by atoms with van der Waals surface area (Å²) in [7, 11) is 0. The van der Waals surface area contributed by atoms with Gasteiger partial charge in [0.05, 0.1) is 6.04 Å². The molecule has 4 atom stereocenters. The van der Waals surface area contributed by atoms with Gasteiger partial charge in [0.2, 0.25) is 5.91 Å². The molecule has 0 saturated heterocycles. The second-order valence-corrected chi connectivity index (χ2v) is 7.08. The molecule has 1 fully saturated rings. The third-order valence-corrected chi connectivity index (χ3v) is 4.82. The van der Waals surface area contributed by atoms with Crippen molar-refractivity contribution in [1.82, 2.24) is 10.6 Å². The lowest BCUT2D eigenvalue weighted by Crippen LogP contribution is -2.53. The summed E-state index contributed by atoms with van der Waals surface area (Å²) in [6, 6.07) is 0.396. The molecule has 1 amide bonds. The minimum atomic E-state index is -0.110. The normalized spacial score (nSPS) is 29.9. The SMILES string of the molecule is CCC(C)(C)NC(=O)C(C)NC1CCC(C)C(C)C1. The smallest absolute Gasteiger partial charge is 0.237 e. The maximum Gasteiger partial charge on any atom is 0.237 e. The molecule has 3 nitrogen and oxygen atoms in total. The second kappa shape index (κ2) is 6.74. The van der Waals surface area contributed by atoms with E-state index in [1.54, 1.807) is 0 Å². The molecular formula is C16H32N2O. The molecular weight excluding hydrogens is 236 g/mol. The minimum absolute atomic E-state index is 0.101. The lowest BCUT2D eigenvalue weighted by molar-refractivity contribution is -0.124. The Morgan fingerprint density at radius 1 is 1.26 bits per heavy atom. The Bertz CT molecular complexity index is 301. The van der Waals surface area contributed by atoms with Crippen LogP contribution in [0, 0.1) is 11.8 Å². The summed E-state index contributed by atoms with van der Waals surface area (Å²) in [6.45, 7) is 12.9. The summed E-state index contributed by atoms with van der Waals surface area (Å²) in [5.41, 5.74) is -0.110. The highest BCUT2D eigenvalue weighted by Gasteiger charge is 2.28. The Hall–Kier alpha value is -0.570. The van der Waals surface area contributed by atoms with Crippen LogP contribution in [0.4, 0.5) is 0 Å². The highest BCUT2D eigenvalue weighted by Crippen LogP contribution is 2.29. The van der Waals surface area contributed by atoms with Gasteiger partial charge in [0.15, 0.2) is 0 Å². The predicted molar refractivity (Wildman–Crippen MR) is 81.1 cm³/mol. The van der Waals surface area contributed by atoms with Crippen molar-refractivity contribution in [2.45, 2.75) is 84.8 Å². The van der Waals surface area contributed by atoms with Gasteiger partial charge in [-0.2, -0.15) is 0 Å². The molecule has 1 aliphatic rings. The number of nitrogens with one attached hydrogen (secondary N) is 2. The van der Waals surface area contributed by atoms with E-state index in [1.165, 1.54) is 19.3 Å². The van der Waals surface area contributed by atoms with E-state index in [9.17, 15) is 4.79 Å². The van der Waals surface area contributed by atoms with Crippen LogP contribution >= 0.6 is 0 Å². The van der Waals surface area contributed by atoms with Gasteiger partial charge in [-0.1, -0.05) is 20.8 Å². The molecule has 0 aromatic rings. The van der Waals surface area contributed by atoms with Crippen LogP contribution < -0.4 is 10.6 Å². The summed E-state index contributed by atoms with van der Waals surface area (Å²) >= 11 is 0. The maximum atomic E-state index is 12.2. The number of carbonyl (C=O) groups excluding carboxylic acids is 1. The van der Waals surface area contributed by atoms with Crippen LogP contribution in [0.1, 0.15) is 67.2 Å². The van der Waals surface area contributed by atoms with Crippen LogP contribution in [-0.2, 0) is 4.79 Å². The first-order valence-corrected chi connectivity index (χ1v) is 7.83. The maximum absolute atomic E-state index is 12.2. The molecule has 0 spiro atoms. The first-order chi connectivity index (χ1) is 8.75. The Morgan fingerprint density at radius 3 is 2.42 bits per heavy atom. The summed E-state index contributed by atoms with van der Waals surface area (Å²) in [6.07, 6.45) is 4.60. The molecule has 112 valence electrons. The van der Waals surface area contributed by atoms with Gasteiger partial charge in [-0.3, -0.25) is 4.79 Å². The topological polar surface area (TPSA) is 41.1 Å². The van der Waals surface area contributed by atoms with Gasteiger partial charge in [0.25, 0.3) is 0 Å². The summed E-state index contributed by atoms with van der Waals surface area (Å²) in [4.78, 5) is 12.2. The number of carbonyl (C=O) groups is 1. The molecule has 0 radical (unpaired) electrons. The fourth-order valence-electron chi connectivity index (χ4n) is 2.66. The van der Waals surface area contributed by atoms with Gasteiger partial charge in [-0.25, -0.2) is 0 Å². The molecule has 1 saturated carbocycles. The third-order valence-electron chi connectivity index (χ3n) is 4.82. The summed E-state index contributed by atoms with van der Waals surface area (Å²) < 4.78 is 0. The van der Waals surface area contributed by atoms with Gasteiger partial charge in [-0.05, 0) is 58.3 Å². The zero-order valence-corrected chi connectivity index (χ0v) is 13.5. The summed E-state index contributed by atoms with van der Waals surface area (Å²) in [5, 5.41) is 6.62. The second-order valence-electron chi connectivity index (χ2n) is 7.08. The lowest BCUT2D eigenvalue weighted by atomic mass is 9.79. The Kier molecular flexibility index (Phi) is 5.84. The zero-order valence-electron chi connectivity index (χ0n) is 13.5. The van der Waals surface area contributed by atoms with Gasteiger partial charge in [0, 0.05) is 11.6 Å². The van der Waals surface area contributed by atoms with Crippen molar-refractivity contribution in [2.24, 2.45) is 11.8 Å². The molecule has 0 bridgehead atoms. The van der Waals surface area contributed by atoms with E-state index in [4.69, 9.17) is 0 Å². The van der Waals surface area contributed by atoms with Crippen molar-refractivity contribution in [1.29, 1.82) is 0 Å². The van der Waals surface area contributed by atoms with E-state index in [0.717, 1.165) is 18.3 Å². The highest BCUT2D eigenvalue weighted by molar-refractivity contribution is 5.82. The van der Waals surface area contributed by atoms with Crippen molar-refractivity contribution in [3.05, 3.63) is 0 Å². The molecule has 1 aliphatic carbocycles. The Balaban J connectivity index is 2.42. The van der Waals surface area contributed by atoms with E-state index >= 15 is 0 Å². The molecule has 2 N–H and O–H groups in total. The fraction of sp³-hybridized carbons (Fsp3) is 0.938. The van der Waals surface area contributed by atoms with E-state index in [1.807, 2.05) is 6.92 Å². The molecule has 4 unspecified atom stereocenters. The fourth-order valence-corrected chi connectivity index (χ4v) is 2.66. The number of hydrogen-bond acceptors (Lipinski definition) is 2. The van der Waals surface area contributed by atoms with Crippen molar-refractivity contribution in [2.75, 3.05) is 0 Å².